The summed E-state index contributed by atoms with van der Waals surface area (Å²) in [6.07, 6.45) is 9.20. The molecule has 0 aliphatic carbocycles. The van der Waals surface area contributed by atoms with Crippen LogP contribution >= 0.6 is 11.8 Å². The molecule has 0 atom stereocenters. The van der Waals surface area contributed by atoms with Crippen LogP contribution in [0.1, 0.15) is 5.56 Å². The van der Waals surface area contributed by atoms with Crippen LogP contribution in [0.25, 0.3) is 17.1 Å². The number of hydrogen-bond donors (Lipinski definition) is 2. The van der Waals surface area contributed by atoms with Crippen LogP contribution in [0.2, 0.25) is 0 Å². The average molecular weight is 416 g/mol. The molecule has 30 heavy (non-hydrogen) atoms. The fourth-order valence-electron chi connectivity index (χ4n) is 3.15. The molecule has 0 spiro atoms. The minimum Gasteiger partial charge on any atom is -0.308 e. The zero-order chi connectivity index (χ0) is 20.9. The van der Waals surface area contributed by atoms with E-state index in [1.165, 1.54) is 0 Å². The number of urea groups is 1. The van der Waals surface area contributed by atoms with Crippen LogP contribution in [0.3, 0.4) is 0 Å². The summed E-state index contributed by atoms with van der Waals surface area (Å²) < 4.78 is 2.01. The number of benzene rings is 2. The van der Waals surface area contributed by atoms with E-state index in [4.69, 9.17) is 0 Å². The van der Waals surface area contributed by atoms with Crippen molar-refractivity contribution >= 4 is 29.2 Å². The molecule has 0 aliphatic heterocycles. The van der Waals surface area contributed by atoms with E-state index >= 15 is 0 Å². The smallest absolute Gasteiger partial charge is 0.308 e. The van der Waals surface area contributed by atoms with Gasteiger partial charge in [0, 0.05) is 52.3 Å². The monoisotopic (exact) mass is 415 g/mol. The second kappa shape index (κ2) is 8.84. The van der Waals surface area contributed by atoms with E-state index in [0.717, 1.165) is 38.9 Å². The first-order chi connectivity index (χ1) is 14.6. The van der Waals surface area contributed by atoms with Gasteiger partial charge in [0.05, 0.1) is 0 Å². The first-order valence-electron chi connectivity index (χ1n) is 9.41. The summed E-state index contributed by atoms with van der Waals surface area (Å²) in [5.74, 6) is 0.837. The van der Waals surface area contributed by atoms with Gasteiger partial charge in [0.2, 0.25) is 0 Å². The Kier molecular flexibility index (Phi) is 5.81. The Morgan fingerprint density at radius 2 is 1.83 bits per heavy atom. The van der Waals surface area contributed by atoms with Crippen LogP contribution in [0.5, 0.6) is 0 Å². The number of pyridine rings is 1. The number of hydrogen-bond acceptors (Lipinski definition) is 4. The first-order valence-corrected chi connectivity index (χ1v) is 10.6. The lowest BCUT2D eigenvalue weighted by molar-refractivity contribution is 0.262. The maximum atomic E-state index is 12.4. The third-order valence-electron chi connectivity index (χ3n) is 4.64. The van der Waals surface area contributed by atoms with Crippen molar-refractivity contribution in [3.63, 3.8) is 0 Å². The third-order valence-corrected chi connectivity index (χ3v) is 5.37. The normalized spacial score (nSPS) is 10.6. The van der Waals surface area contributed by atoms with Crippen molar-refractivity contribution in [1.82, 2.24) is 14.5 Å². The number of amides is 2. The highest BCUT2D eigenvalue weighted by Crippen LogP contribution is 2.25. The number of imidazole rings is 1. The van der Waals surface area contributed by atoms with Gasteiger partial charge in [-0.05, 0) is 67.3 Å². The summed E-state index contributed by atoms with van der Waals surface area (Å²) >= 11 is 1.63. The fourth-order valence-corrected chi connectivity index (χ4v) is 3.61. The zero-order valence-corrected chi connectivity index (χ0v) is 17.5. The van der Waals surface area contributed by atoms with Gasteiger partial charge in [-0.2, -0.15) is 0 Å². The summed E-state index contributed by atoms with van der Waals surface area (Å²) in [6, 6.07) is 17.2. The Labute approximate surface area is 179 Å². The Bertz CT molecular complexity index is 1170. The number of aryl methyl sites for hydroxylation is 1. The van der Waals surface area contributed by atoms with Gasteiger partial charge in [-0.15, -0.1) is 11.8 Å². The van der Waals surface area contributed by atoms with E-state index in [1.54, 1.807) is 30.4 Å². The van der Waals surface area contributed by atoms with E-state index in [-0.39, 0.29) is 6.03 Å². The maximum Gasteiger partial charge on any atom is 0.323 e. The Morgan fingerprint density at radius 3 is 2.60 bits per heavy atom. The van der Waals surface area contributed by atoms with Crippen molar-refractivity contribution in [2.45, 2.75) is 11.8 Å². The lowest BCUT2D eigenvalue weighted by atomic mass is 10.1. The molecule has 4 rings (SSSR count). The molecule has 0 radical (unpaired) electrons. The third kappa shape index (κ3) is 4.36. The topological polar surface area (TPSA) is 71.8 Å². The van der Waals surface area contributed by atoms with Crippen LogP contribution in [-0.2, 0) is 0 Å². The molecule has 0 saturated heterocycles. The molecule has 0 fully saturated rings. The van der Waals surface area contributed by atoms with E-state index in [0.29, 0.717) is 0 Å². The van der Waals surface area contributed by atoms with E-state index in [1.807, 2.05) is 78.5 Å². The Hall–Kier alpha value is -3.58. The lowest BCUT2D eigenvalue weighted by Crippen LogP contribution is -2.20. The van der Waals surface area contributed by atoms with Gasteiger partial charge in [0.15, 0.2) is 0 Å². The van der Waals surface area contributed by atoms with Gasteiger partial charge in [-0.3, -0.25) is 9.55 Å². The van der Waals surface area contributed by atoms with Gasteiger partial charge in [0.25, 0.3) is 0 Å². The molecule has 2 amide bonds. The fraction of sp³-hybridized carbons (Fsp3) is 0.0870. The second-order valence-corrected chi connectivity index (χ2v) is 7.55. The van der Waals surface area contributed by atoms with Crippen molar-refractivity contribution < 1.29 is 4.79 Å². The van der Waals surface area contributed by atoms with Crippen molar-refractivity contribution in [2.75, 3.05) is 16.9 Å². The summed E-state index contributed by atoms with van der Waals surface area (Å²) in [5.41, 5.74) is 4.42. The molecule has 2 N–H and O–H groups in total. The Morgan fingerprint density at radius 1 is 1.00 bits per heavy atom. The molecule has 0 unspecified atom stereocenters. The van der Waals surface area contributed by atoms with E-state index in [2.05, 4.69) is 20.6 Å². The van der Waals surface area contributed by atoms with Crippen LogP contribution in [-0.4, -0.2) is 26.8 Å². The van der Waals surface area contributed by atoms with Crippen molar-refractivity contribution in [3.05, 3.63) is 84.9 Å². The molecule has 0 bridgehead atoms. The number of thioether (sulfide) groups is 1. The van der Waals surface area contributed by atoms with Crippen LogP contribution < -0.4 is 10.6 Å². The summed E-state index contributed by atoms with van der Waals surface area (Å²) in [7, 11) is 0. The number of rotatable bonds is 5. The molecule has 2 aromatic carbocycles. The summed E-state index contributed by atoms with van der Waals surface area (Å²) in [5, 5.41) is 5.81. The highest BCUT2D eigenvalue weighted by Gasteiger charge is 2.10. The maximum absolute atomic E-state index is 12.4. The standard InChI is InChI=1S/C23H21N5OS/c1-16-14-19(28-13-12-25-22(28)17-8-10-24-11-9-17)6-7-21(16)27-23(29)26-18-4-3-5-20(15-18)30-2/h3-15H,1-2H3,(H2,26,27,29). The second-order valence-electron chi connectivity index (χ2n) is 6.67. The predicted molar refractivity (Wildman–Crippen MR) is 122 cm³/mol. The highest BCUT2D eigenvalue weighted by molar-refractivity contribution is 7.98. The SMILES string of the molecule is CSc1cccc(NC(=O)Nc2ccc(-n3ccnc3-c3ccncc3)cc2C)c1. The predicted octanol–water partition coefficient (Wildman–Crippen LogP) is 5.61. The van der Waals surface area contributed by atoms with Gasteiger partial charge in [-0.1, -0.05) is 6.07 Å². The Balaban J connectivity index is 1.52. The molecular formula is C23H21N5OS. The average Bonchev–Trinajstić information content (AvgIpc) is 3.26. The molecule has 2 aromatic heterocycles. The number of anilines is 2. The summed E-state index contributed by atoms with van der Waals surface area (Å²) in [4.78, 5) is 22.1. The molecule has 6 nitrogen and oxygen atoms in total. The van der Waals surface area contributed by atoms with Crippen LogP contribution in [0.15, 0.2) is 84.3 Å². The number of carbonyl (C=O) groups is 1. The minimum absolute atomic E-state index is 0.274. The first kappa shape index (κ1) is 19.7. The molecule has 4 aromatic rings. The zero-order valence-electron chi connectivity index (χ0n) is 16.7. The summed E-state index contributed by atoms with van der Waals surface area (Å²) in [6.45, 7) is 1.97. The van der Waals surface area contributed by atoms with Crippen LogP contribution in [0.4, 0.5) is 16.2 Å². The molecular weight excluding hydrogens is 394 g/mol. The molecule has 150 valence electrons. The van der Waals surface area contributed by atoms with Gasteiger partial charge in [-0.25, -0.2) is 9.78 Å². The van der Waals surface area contributed by atoms with Crippen molar-refractivity contribution in [3.8, 4) is 17.1 Å². The number of nitrogens with one attached hydrogen (secondary N) is 2. The minimum atomic E-state index is -0.274. The highest BCUT2D eigenvalue weighted by atomic mass is 32.2. The quantitative estimate of drug-likeness (QED) is 0.416. The number of aromatic nitrogens is 3. The molecule has 2 heterocycles. The van der Waals surface area contributed by atoms with E-state index < -0.39 is 0 Å². The van der Waals surface area contributed by atoms with E-state index in [9.17, 15) is 4.79 Å². The van der Waals surface area contributed by atoms with Crippen LogP contribution in [0, 0.1) is 6.92 Å². The number of carbonyl (C=O) groups excluding carboxylic acids is 1. The van der Waals surface area contributed by atoms with Gasteiger partial charge >= 0.3 is 6.03 Å². The molecule has 0 aliphatic rings. The van der Waals surface area contributed by atoms with Crippen molar-refractivity contribution in [2.24, 2.45) is 0 Å². The largest absolute Gasteiger partial charge is 0.323 e. The number of nitrogens with zero attached hydrogens (tertiary/aromatic N) is 3. The molecule has 7 heteroatoms. The van der Waals surface area contributed by atoms with Crippen molar-refractivity contribution in [1.29, 1.82) is 0 Å². The van der Waals surface area contributed by atoms with Gasteiger partial charge < -0.3 is 10.6 Å². The lowest BCUT2D eigenvalue weighted by Gasteiger charge is -2.13. The molecule has 0 saturated carbocycles. The van der Waals surface area contributed by atoms with Gasteiger partial charge in [0.1, 0.15) is 5.82 Å².